The molecule has 2 aliphatic rings. The highest BCUT2D eigenvalue weighted by Gasteiger charge is 2.23. The van der Waals surface area contributed by atoms with Crippen LogP contribution in [0.1, 0.15) is 37.5 Å². The van der Waals surface area contributed by atoms with Crippen LogP contribution in [0.5, 0.6) is 0 Å². The third kappa shape index (κ3) is 4.50. The highest BCUT2D eigenvalue weighted by atomic mass is 16.2. The first-order chi connectivity index (χ1) is 13.9. The van der Waals surface area contributed by atoms with Crippen molar-refractivity contribution in [1.82, 2.24) is 20.2 Å². The molecule has 2 aromatic rings. The largest absolute Gasteiger partial charge is 0.338 e. The van der Waals surface area contributed by atoms with Gasteiger partial charge in [-0.15, -0.1) is 0 Å². The van der Waals surface area contributed by atoms with Crippen LogP contribution in [-0.4, -0.2) is 53.6 Å². The summed E-state index contributed by atoms with van der Waals surface area (Å²) in [5.74, 6) is 0.714. The van der Waals surface area contributed by atoms with Crippen molar-refractivity contribution in [2.24, 2.45) is 0 Å². The molecule has 1 aromatic carbocycles. The summed E-state index contributed by atoms with van der Waals surface area (Å²) in [6.07, 6.45) is 4.27. The number of benzene rings is 1. The van der Waals surface area contributed by atoms with Crippen LogP contribution < -0.4 is 15.5 Å². The fourth-order valence-corrected chi connectivity index (χ4v) is 3.81. The lowest BCUT2D eigenvalue weighted by Crippen LogP contribution is -2.44. The normalized spacial score (nSPS) is 17.1. The van der Waals surface area contributed by atoms with E-state index in [1.165, 1.54) is 16.7 Å². The Morgan fingerprint density at radius 3 is 2.48 bits per heavy atom. The number of carbonyl (C=O) groups excluding carboxylic acids is 1. The van der Waals surface area contributed by atoms with Crippen molar-refractivity contribution in [3.8, 4) is 0 Å². The lowest BCUT2D eigenvalue weighted by Gasteiger charge is -2.30. The minimum absolute atomic E-state index is 0.100. The van der Waals surface area contributed by atoms with Crippen LogP contribution in [0.4, 0.5) is 16.4 Å². The summed E-state index contributed by atoms with van der Waals surface area (Å²) in [6, 6.07) is 6.58. The molecule has 7 heteroatoms. The smallest absolute Gasteiger partial charge is 0.322 e. The molecule has 1 fully saturated rings. The van der Waals surface area contributed by atoms with Crippen LogP contribution in [0.25, 0.3) is 0 Å². The van der Waals surface area contributed by atoms with Gasteiger partial charge in [-0.3, -0.25) is 0 Å². The molecule has 7 nitrogen and oxygen atoms in total. The average Bonchev–Trinajstić information content (AvgIpc) is 2.73. The van der Waals surface area contributed by atoms with Gasteiger partial charge in [-0.1, -0.05) is 39.0 Å². The van der Waals surface area contributed by atoms with Gasteiger partial charge in [-0.25, -0.2) is 14.8 Å². The number of piperazine rings is 1. The van der Waals surface area contributed by atoms with Crippen molar-refractivity contribution in [3.63, 3.8) is 0 Å². The van der Waals surface area contributed by atoms with E-state index >= 15 is 0 Å². The van der Waals surface area contributed by atoms with Gasteiger partial charge in [0, 0.05) is 39.3 Å². The number of fused-ring (bicyclic) bond motifs is 1. The number of hydrogen-bond acceptors (Lipinski definition) is 5. The van der Waals surface area contributed by atoms with E-state index in [1.807, 2.05) is 4.90 Å². The van der Waals surface area contributed by atoms with E-state index in [2.05, 4.69) is 64.5 Å². The number of nitrogens with one attached hydrogen (secondary N) is 2. The van der Waals surface area contributed by atoms with Crippen LogP contribution >= 0.6 is 0 Å². The van der Waals surface area contributed by atoms with Crippen LogP contribution in [0, 0.1) is 0 Å². The summed E-state index contributed by atoms with van der Waals surface area (Å²) >= 11 is 0. The van der Waals surface area contributed by atoms with Gasteiger partial charge >= 0.3 is 6.03 Å². The van der Waals surface area contributed by atoms with Crippen LogP contribution in [-0.2, 0) is 18.4 Å². The van der Waals surface area contributed by atoms with Gasteiger partial charge in [0.1, 0.15) is 0 Å². The number of amides is 2. The monoisotopic (exact) mass is 394 g/mol. The molecule has 2 N–H and O–H groups in total. The number of aromatic nitrogens is 2. The van der Waals surface area contributed by atoms with Crippen LogP contribution in [0.3, 0.4) is 0 Å². The van der Waals surface area contributed by atoms with Gasteiger partial charge in [0.2, 0.25) is 5.95 Å². The molecule has 0 saturated carbocycles. The minimum Gasteiger partial charge on any atom is -0.338 e. The van der Waals surface area contributed by atoms with E-state index in [0.717, 1.165) is 32.6 Å². The summed E-state index contributed by atoms with van der Waals surface area (Å²) in [5, 5.41) is 6.27. The van der Waals surface area contributed by atoms with Gasteiger partial charge in [0.25, 0.3) is 0 Å². The molecule has 1 saturated heterocycles. The molecule has 0 unspecified atom stereocenters. The second-order valence-corrected chi connectivity index (χ2v) is 8.84. The molecule has 0 aliphatic carbocycles. The minimum atomic E-state index is -0.102. The fraction of sp³-hybridized carbons (Fsp3) is 0.500. The Balaban J connectivity index is 1.40. The summed E-state index contributed by atoms with van der Waals surface area (Å²) in [4.78, 5) is 25.7. The highest BCUT2D eigenvalue weighted by molar-refractivity contribution is 5.89. The number of carbonyl (C=O) groups is 1. The zero-order valence-corrected chi connectivity index (χ0v) is 17.5. The average molecular weight is 395 g/mol. The first-order valence-corrected chi connectivity index (χ1v) is 10.4. The summed E-state index contributed by atoms with van der Waals surface area (Å²) in [6.45, 7) is 11.7. The molecular weight excluding hydrogens is 364 g/mol. The molecule has 1 aromatic heterocycles. The van der Waals surface area contributed by atoms with Crippen molar-refractivity contribution >= 4 is 17.7 Å². The molecule has 0 atom stereocenters. The Bertz CT molecular complexity index is 868. The van der Waals surface area contributed by atoms with Crippen molar-refractivity contribution < 1.29 is 4.79 Å². The molecule has 3 heterocycles. The molecule has 0 radical (unpaired) electrons. The van der Waals surface area contributed by atoms with Crippen LogP contribution in [0.15, 0.2) is 30.6 Å². The Morgan fingerprint density at radius 1 is 1.07 bits per heavy atom. The standard InChI is InChI=1S/C22H30N6O/c1-22(2,3)18-5-4-16-6-9-28(15-17(16)12-18)21(29)26-19-13-24-20(25-14-19)27-10-7-23-8-11-27/h4-5,12-14,23H,6-11,15H2,1-3H3,(H,26,29). The summed E-state index contributed by atoms with van der Waals surface area (Å²) < 4.78 is 0. The Hall–Kier alpha value is -2.67. The zero-order chi connectivity index (χ0) is 20.4. The predicted molar refractivity (Wildman–Crippen MR) is 115 cm³/mol. The molecule has 29 heavy (non-hydrogen) atoms. The van der Waals surface area contributed by atoms with Crippen molar-refractivity contribution in [3.05, 3.63) is 47.3 Å². The second-order valence-electron chi connectivity index (χ2n) is 8.84. The maximum Gasteiger partial charge on any atom is 0.322 e. The Kier molecular flexibility index (Phi) is 5.41. The predicted octanol–water partition coefficient (Wildman–Crippen LogP) is 2.77. The zero-order valence-electron chi connectivity index (χ0n) is 17.5. The first-order valence-electron chi connectivity index (χ1n) is 10.4. The molecule has 4 rings (SSSR count). The summed E-state index contributed by atoms with van der Waals surface area (Å²) in [7, 11) is 0. The van der Waals surface area contributed by atoms with Gasteiger partial charge < -0.3 is 20.4 Å². The highest BCUT2D eigenvalue weighted by Crippen LogP contribution is 2.27. The number of rotatable bonds is 2. The SMILES string of the molecule is CC(C)(C)c1ccc2c(c1)CN(C(=O)Nc1cnc(N3CCNCC3)nc1)CC2. The number of anilines is 2. The van der Waals surface area contributed by atoms with E-state index in [4.69, 9.17) is 0 Å². The Labute approximate surface area is 172 Å². The van der Waals surface area contributed by atoms with E-state index in [0.29, 0.717) is 24.7 Å². The lowest BCUT2D eigenvalue weighted by atomic mass is 9.84. The molecule has 0 bridgehead atoms. The van der Waals surface area contributed by atoms with Crippen molar-refractivity contribution in [2.75, 3.05) is 42.9 Å². The number of nitrogens with zero attached hydrogens (tertiary/aromatic N) is 4. The topological polar surface area (TPSA) is 73.4 Å². The third-order valence-electron chi connectivity index (χ3n) is 5.66. The van der Waals surface area contributed by atoms with E-state index in [1.54, 1.807) is 12.4 Å². The Morgan fingerprint density at radius 2 is 1.79 bits per heavy atom. The summed E-state index contributed by atoms with van der Waals surface area (Å²) in [5.41, 5.74) is 4.61. The van der Waals surface area contributed by atoms with E-state index < -0.39 is 0 Å². The van der Waals surface area contributed by atoms with Crippen LogP contribution in [0.2, 0.25) is 0 Å². The quantitative estimate of drug-likeness (QED) is 0.819. The van der Waals surface area contributed by atoms with Gasteiger partial charge in [0.05, 0.1) is 18.1 Å². The van der Waals surface area contributed by atoms with Gasteiger partial charge in [-0.2, -0.15) is 0 Å². The van der Waals surface area contributed by atoms with E-state index in [9.17, 15) is 4.79 Å². The molecule has 2 amide bonds. The van der Waals surface area contributed by atoms with Crippen molar-refractivity contribution in [1.29, 1.82) is 0 Å². The second kappa shape index (κ2) is 7.99. The molecular formula is C22H30N6O. The number of urea groups is 1. The van der Waals surface area contributed by atoms with E-state index in [-0.39, 0.29) is 11.4 Å². The molecule has 2 aliphatic heterocycles. The molecule has 0 spiro atoms. The van der Waals surface area contributed by atoms with Gasteiger partial charge in [0.15, 0.2) is 0 Å². The molecule has 154 valence electrons. The van der Waals surface area contributed by atoms with Gasteiger partial charge in [-0.05, 0) is 28.5 Å². The fourth-order valence-electron chi connectivity index (χ4n) is 3.81. The maximum atomic E-state index is 12.8. The first kappa shape index (κ1) is 19.6. The van der Waals surface area contributed by atoms with Crippen molar-refractivity contribution in [2.45, 2.75) is 39.2 Å². The number of hydrogen-bond donors (Lipinski definition) is 2. The third-order valence-corrected chi connectivity index (χ3v) is 5.66. The maximum absolute atomic E-state index is 12.8. The lowest BCUT2D eigenvalue weighted by molar-refractivity contribution is 0.206.